The average molecular weight is 482 g/mol. The summed E-state index contributed by atoms with van der Waals surface area (Å²) in [6.07, 6.45) is 11.7. The Labute approximate surface area is 212 Å². The Morgan fingerprint density at radius 3 is 2.39 bits per heavy atom. The summed E-state index contributed by atoms with van der Waals surface area (Å²) in [5, 5.41) is 2.45. The summed E-state index contributed by atoms with van der Waals surface area (Å²) >= 11 is 0. The van der Waals surface area contributed by atoms with Gasteiger partial charge >= 0.3 is 0 Å². The van der Waals surface area contributed by atoms with Crippen molar-refractivity contribution >= 4 is 22.5 Å². The van der Waals surface area contributed by atoms with Crippen LogP contribution in [0.2, 0.25) is 0 Å². The molecule has 6 rings (SSSR count). The highest BCUT2D eigenvalue weighted by atomic mass is 16.5. The number of benzene rings is 3. The Bertz CT molecular complexity index is 1350. The van der Waals surface area contributed by atoms with Crippen LogP contribution in [0.1, 0.15) is 17.5 Å². The molecule has 36 heavy (non-hydrogen) atoms. The fourth-order valence-corrected chi connectivity index (χ4v) is 5.59. The van der Waals surface area contributed by atoms with E-state index < -0.39 is 5.60 Å². The Morgan fingerprint density at radius 1 is 0.917 bits per heavy atom. The van der Waals surface area contributed by atoms with Gasteiger partial charge in [-0.15, -0.1) is 0 Å². The summed E-state index contributed by atoms with van der Waals surface area (Å²) in [7, 11) is 3.40. The van der Waals surface area contributed by atoms with Crippen LogP contribution in [0.3, 0.4) is 0 Å². The number of hydrogen-bond acceptors (Lipinski definition) is 5. The summed E-state index contributed by atoms with van der Waals surface area (Å²) in [4.78, 5) is 2.41. The van der Waals surface area contributed by atoms with Gasteiger partial charge in [-0.3, -0.25) is 0 Å². The first-order valence-electron chi connectivity index (χ1n) is 12.6. The van der Waals surface area contributed by atoms with Gasteiger partial charge in [0.05, 0.1) is 27.4 Å². The van der Waals surface area contributed by atoms with E-state index in [0.717, 1.165) is 61.1 Å². The van der Waals surface area contributed by atoms with Crippen molar-refractivity contribution in [1.29, 1.82) is 0 Å². The third kappa shape index (κ3) is 3.84. The SMILES string of the molecule is COC1=CCC(C2(c3ccc(OC)cc3)C=Cc3c(cc(N4CCOCC4)c4ccccc34)O2)C=C1. The summed E-state index contributed by atoms with van der Waals surface area (Å²) in [6.45, 7) is 3.22. The Balaban J connectivity index is 1.49. The van der Waals surface area contributed by atoms with E-state index in [9.17, 15) is 0 Å². The highest BCUT2D eigenvalue weighted by Crippen LogP contribution is 2.49. The number of methoxy groups -OCH3 is 2. The molecule has 0 spiro atoms. The minimum absolute atomic E-state index is 0.104. The molecule has 184 valence electrons. The van der Waals surface area contributed by atoms with Crippen molar-refractivity contribution in [2.24, 2.45) is 5.92 Å². The van der Waals surface area contributed by atoms with Gasteiger partial charge in [0, 0.05) is 47.3 Å². The topological polar surface area (TPSA) is 40.2 Å². The van der Waals surface area contributed by atoms with Crippen molar-refractivity contribution in [3.8, 4) is 11.5 Å². The van der Waals surface area contributed by atoms with E-state index in [2.05, 4.69) is 71.7 Å². The molecule has 1 saturated heterocycles. The maximum Gasteiger partial charge on any atom is 0.159 e. The number of rotatable bonds is 5. The van der Waals surface area contributed by atoms with Crippen LogP contribution in [-0.2, 0) is 15.1 Å². The molecule has 0 amide bonds. The van der Waals surface area contributed by atoms with Crippen LogP contribution in [0.5, 0.6) is 11.5 Å². The van der Waals surface area contributed by atoms with Crippen LogP contribution in [0.25, 0.3) is 16.8 Å². The molecule has 2 heterocycles. The highest BCUT2D eigenvalue weighted by molar-refractivity contribution is 6.02. The lowest BCUT2D eigenvalue weighted by Crippen LogP contribution is -2.40. The number of anilines is 1. The molecule has 0 saturated carbocycles. The third-order valence-electron chi connectivity index (χ3n) is 7.55. The van der Waals surface area contributed by atoms with Crippen molar-refractivity contribution in [2.75, 3.05) is 45.4 Å². The zero-order chi connectivity index (χ0) is 24.5. The molecule has 2 unspecified atom stereocenters. The van der Waals surface area contributed by atoms with E-state index in [1.807, 2.05) is 18.2 Å². The number of fused-ring (bicyclic) bond motifs is 3. The molecular formula is C31H31NO4. The van der Waals surface area contributed by atoms with Crippen molar-refractivity contribution in [1.82, 2.24) is 0 Å². The Hall–Kier alpha value is -3.70. The maximum atomic E-state index is 7.12. The lowest BCUT2D eigenvalue weighted by atomic mass is 9.75. The van der Waals surface area contributed by atoms with Crippen molar-refractivity contribution in [3.63, 3.8) is 0 Å². The van der Waals surface area contributed by atoms with Crippen LogP contribution in [0.15, 0.2) is 84.7 Å². The molecule has 3 aromatic carbocycles. The minimum atomic E-state index is -0.656. The van der Waals surface area contributed by atoms with Crippen molar-refractivity contribution in [3.05, 3.63) is 95.8 Å². The molecule has 3 aromatic rings. The van der Waals surface area contributed by atoms with E-state index >= 15 is 0 Å². The molecule has 1 fully saturated rings. The second-order valence-corrected chi connectivity index (χ2v) is 9.42. The molecule has 0 radical (unpaired) electrons. The summed E-state index contributed by atoms with van der Waals surface area (Å²) in [5.74, 6) is 2.73. The molecule has 0 bridgehead atoms. The summed E-state index contributed by atoms with van der Waals surface area (Å²) < 4.78 is 23.7. The molecule has 5 heteroatoms. The van der Waals surface area contributed by atoms with Gasteiger partial charge in [-0.1, -0.05) is 48.6 Å². The monoisotopic (exact) mass is 481 g/mol. The van der Waals surface area contributed by atoms with Gasteiger partial charge in [0.15, 0.2) is 5.60 Å². The van der Waals surface area contributed by atoms with Gasteiger partial charge in [0.25, 0.3) is 0 Å². The first kappa shape index (κ1) is 22.7. The van der Waals surface area contributed by atoms with Gasteiger partial charge in [0.2, 0.25) is 0 Å². The number of ether oxygens (including phenoxy) is 4. The molecular weight excluding hydrogens is 450 g/mol. The van der Waals surface area contributed by atoms with E-state index in [0.29, 0.717) is 0 Å². The molecule has 5 nitrogen and oxygen atoms in total. The summed E-state index contributed by atoms with van der Waals surface area (Å²) in [6, 6.07) is 19.1. The normalized spacial score (nSPS) is 23.1. The summed E-state index contributed by atoms with van der Waals surface area (Å²) in [5.41, 5.74) is 2.76. The first-order chi connectivity index (χ1) is 17.7. The van der Waals surface area contributed by atoms with E-state index in [-0.39, 0.29) is 5.92 Å². The van der Waals surface area contributed by atoms with E-state index in [1.165, 1.54) is 16.5 Å². The predicted octanol–water partition coefficient (Wildman–Crippen LogP) is 6.09. The second kappa shape index (κ2) is 9.40. The van der Waals surface area contributed by atoms with Gasteiger partial charge < -0.3 is 23.8 Å². The molecule has 2 aliphatic heterocycles. The maximum absolute atomic E-state index is 7.12. The lowest BCUT2D eigenvalue weighted by Gasteiger charge is -2.42. The highest BCUT2D eigenvalue weighted by Gasteiger charge is 2.42. The Morgan fingerprint density at radius 2 is 1.69 bits per heavy atom. The van der Waals surface area contributed by atoms with Crippen LogP contribution >= 0.6 is 0 Å². The molecule has 3 aliphatic rings. The van der Waals surface area contributed by atoms with E-state index in [1.54, 1.807) is 14.2 Å². The fourth-order valence-electron chi connectivity index (χ4n) is 5.59. The molecule has 2 atom stereocenters. The minimum Gasteiger partial charge on any atom is -0.497 e. The molecule has 1 aliphatic carbocycles. The smallest absolute Gasteiger partial charge is 0.159 e. The number of nitrogens with zero attached hydrogens (tertiary/aromatic N) is 1. The van der Waals surface area contributed by atoms with Gasteiger partial charge in [0.1, 0.15) is 17.3 Å². The third-order valence-corrected chi connectivity index (χ3v) is 7.55. The second-order valence-electron chi connectivity index (χ2n) is 9.42. The van der Waals surface area contributed by atoms with Crippen LogP contribution < -0.4 is 14.4 Å². The molecule has 0 aromatic heterocycles. The van der Waals surface area contributed by atoms with Gasteiger partial charge in [-0.2, -0.15) is 0 Å². The zero-order valence-corrected chi connectivity index (χ0v) is 20.8. The molecule has 0 N–H and O–H groups in total. The average Bonchev–Trinajstić information content (AvgIpc) is 2.97. The first-order valence-corrected chi connectivity index (χ1v) is 12.6. The number of hydrogen-bond donors (Lipinski definition) is 0. The Kier molecular flexibility index (Phi) is 5.94. The quantitative estimate of drug-likeness (QED) is 0.441. The number of morpholine rings is 1. The van der Waals surface area contributed by atoms with Gasteiger partial charge in [-0.25, -0.2) is 0 Å². The van der Waals surface area contributed by atoms with Crippen molar-refractivity contribution in [2.45, 2.75) is 12.0 Å². The fraction of sp³-hybridized carbons (Fsp3) is 0.290. The zero-order valence-electron chi connectivity index (χ0n) is 20.8. The van der Waals surface area contributed by atoms with E-state index in [4.69, 9.17) is 18.9 Å². The predicted molar refractivity (Wildman–Crippen MR) is 144 cm³/mol. The van der Waals surface area contributed by atoms with Gasteiger partial charge in [-0.05, 0) is 42.2 Å². The largest absolute Gasteiger partial charge is 0.497 e. The van der Waals surface area contributed by atoms with Crippen molar-refractivity contribution < 1.29 is 18.9 Å². The van der Waals surface area contributed by atoms with Crippen LogP contribution in [-0.4, -0.2) is 40.5 Å². The lowest BCUT2D eigenvalue weighted by molar-refractivity contribution is 0.0700. The van der Waals surface area contributed by atoms with Crippen LogP contribution in [0, 0.1) is 5.92 Å². The standard InChI is InChI=1S/C31H31NO4/c1-33-24-11-7-22(8-12-24)31(23-9-13-25(34-2)14-10-23)16-15-28-26-5-3-4-6-27(26)29(21-30(28)36-31)32-17-19-35-20-18-32/h3-9,11-16,21,23H,10,17-20H2,1-2H3. The number of allylic oxidation sites excluding steroid dienone is 2. The van der Waals surface area contributed by atoms with Crippen LogP contribution in [0.4, 0.5) is 5.69 Å².